The molecule has 4 unspecified atom stereocenters. The van der Waals surface area contributed by atoms with E-state index in [-0.39, 0.29) is 31.1 Å². The maximum absolute atomic E-state index is 14.2. The summed E-state index contributed by atoms with van der Waals surface area (Å²) in [6.45, 7) is 4.89. The van der Waals surface area contributed by atoms with Gasteiger partial charge in [0.15, 0.2) is 0 Å². The van der Waals surface area contributed by atoms with Crippen molar-refractivity contribution < 1.29 is 34.1 Å². The lowest BCUT2D eigenvalue weighted by Gasteiger charge is -2.35. The zero-order chi connectivity index (χ0) is 36.1. The Bertz CT molecular complexity index is 1360. The Kier molecular flexibility index (Phi) is 15.2. The minimum absolute atomic E-state index is 0.0212. The number of aromatic nitrogens is 1. The molecule has 5 N–H and O–H groups in total. The van der Waals surface area contributed by atoms with Crippen molar-refractivity contribution in [3.63, 3.8) is 0 Å². The van der Waals surface area contributed by atoms with E-state index in [0.29, 0.717) is 44.8 Å². The molecule has 1 aromatic carbocycles. The largest absolute Gasteiger partial charge is 0.391 e. The van der Waals surface area contributed by atoms with E-state index < -0.39 is 53.3 Å². The topological polar surface area (TPSA) is 170 Å². The predicted molar refractivity (Wildman–Crippen MR) is 191 cm³/mol. The van der Waals surface area contributed by atoms with Crippen LogP contribution in [0, 0.1) is 17.8 Å². The highest BCUT2D eigenvalue weighted by molar-refractivity contribution is 7.07. The summed E-state index contributed by atoms with van der Waals surface area (Å²) in [5.41, 5.74) is 1.78. The van der Waals surface area contributed by atoms with E-state index in [1.54, 1.807) is 10.4 Å². The number of aliphatic hydroxyl groups excluding tert-OH is 1. The number of benzene rings is 1. The van der Waals surface area contributed by atoms with E-state index in [4.69, 9.17) is 4.74 Å². The van der Waals surface area contributed by atoms with Crippen molar-refractivity contribution in [2.75, 3.05) is 33.4 Å². The fraction of sp³-hybridized carbons (Fsp3) is 0.649. The quantitative estimate of drug-likeness (QED) is 0.167. The number of thiazole rings is 1. The molecule has 2 heterocycles. The van der Waals surface area contributed by atoms with E-state index in [0.717, 1.165) is 37.7 Å². The molecule has 1 saturated heterocycles. The van der Waals surface area contributed by atoms with Crippen molar-refractivity contribution in [1.29, 1.82) is 0 Å². The molecule has 0 spiro atoms. The fourth-order valence-corrected chi connectivity index (χ4v) is 7.60. The van der Waals surface area contributed by atoms with Crippen LogP contribution in [-0.2, 0) is 36.8 Å². The smallest absolute Gasteiger partial charge is 0.243 e. The van der Waals surface area contributed by atoms with Crippen LogP contribution in [0.2, 0.25) is 0 Å². The van der Waals surface area contributed by atoms with Gasteiger partial charge in [-0.1, -0.05) is 62.4 Å². The highest BCUT2D eigenvalue weighted by Gasteiger charge is 2.38. The number of nitrogens with zero attached hydrogens (tertiary/aromatic N) is 2. The molecule has 4 rings (SSSR count). The Morgan fingerprint density at radius 1 is 1.00 bits per heavy atom. The molecule has 13 heteroatoms. The first kappa shape index (κ1) is 39.4. The molecular weight excluding hydrogens is 659 g/mol. The Labute approximate surface area is 299 Å². The average Bonchev–Trinajstić information content (AvgIpc) is 3.63. The third-order valence-electron chi connectivity index (χ3n) is 10.0. The molecule has 276 valence electrons. The summed E-state index contributed by atoms with van der Waals surface area (Å²) in [6.07, 6.45) is 4.95. The third kappa shape index (κ3) is 12.1. The van der Waals surface area contributed by atoms with Gasteiger partial charge >= 0.3 is 0 Å². The lowest BCUT2D eigenvalue weighted by Crippen LogP contribution is -2.56. The SMILES string of the molecule is CNC(=O)C(CC(O)C(CC1CCCCC1)NC(=O)[C@H](Cc1cscn1)NC(=O)C(CC(=O)N1CCOCC1)Cc1ccccc1)C(C)(C)O. The second-order valence-corrected chi connectivity index (χ2v) is 15.0. The minimum Gasteiger partial charge on any atom is -0.391 e. The van der Waals surface area contributed by atoms with Crippen molar-refractivity contribution >= 4 is 35.0 Å². The standard InChI is InChI=1S/C37H55N5O7S/c1-37(2,48)29(35(46)38-3)22-32(43)30(19-26-12-8-5-9-13-26)40-36(47)31(21-28-23-50-24-39-28)41-34(45)27(18-25-10-6-4-7-11-25)20-33(44)42-14-16-49-17-15-42/h4,6-7,10-11,23-24,26-27,29-32,43,48H,5,8-9,12-22H2,1-3H3,(H,38,46)(H,40,47)(H,41,45)/t27?,29?,30?,31-,32?/m0/s1. The van der Waals surface area contributed by atoms with E-state index in [1.807, 2.05) is 35.7 Å². The van der Waals surface area contributed by atoms with Gasteiger partial charge in [0.1, 0.15) is 6.04 Å². The van der Waals surface area contributed by atoms with E-state index >= 15 is 0 Å². The van der Waals surface area contributed by atoms with Crippen molar-refractivity contribution in [3.05, 3.63) is 52.5 Å². The van der Waals surface area contributed by atoms with Crippen molar-refractivity contribution in [1.82, 2.24) is 25.8 Å². The predicted octanol–water partition coefficient (Wildman–Crippen LogP) is 2.62. The van der Waals surface area contributed by atoms with Gasteiger partial charge in [0, 0.05) is 38.4 Å². The molecule has 0 bridgehead atoms. The number of carbonyl (C=O) groups is 4. The number of amides is 4. The van der Waals surface area contributed by atoms with Crippen LogP contribution in [0.5, 0.6) is 0 Å². The molecule has 5 atom stereocenters. The normalized spacial score (nSPS) is 18.7. The Hall–Kier alpha value is -3.39. The van der Waals surface area contributed by atoms with Gasteiger partial charge in [-0.15, -0.1) is 11.3 Å². The fourth-order valence-electron chi connectivity index (χ4n) is 7.03. The number of hydrogen-bond acceptors (Lipinski definition) is 9. The van der Waals surface area contributed by atoms with Crippen LogP contribution < -0.4 is 16.0 Å². The van der Waals surface area contributed by atoms with Crippen LogP contribution >= 0.6 is 11.3 Å². The molecule has 1 aliphatic heterocycles. The summed E-state index contributed by atoms with van der Waals surface area (Å²) in [4.78, 5) is 60.5. The molecule has 2 aliphatic rings. The van der Waals surface area contributed by atoms with Crippen LogP contribution in [0.15, 0.2) is 41.2 Å². The van der Waals surface area contributed by atoms with Crippen LogP contribution in [0.3, 0.4) is 0 Å². The molecule has 2 fully saturated rings. The average molecular weight is 714 g/mol. The first-order valence-electron chi connectivity index (χ1n) is 17.9. The maximum atomic E-state index is 14.2. The molecule has 2 aromatic rings. The van der Waals surface area contributed by atoms with Gasteiger partial charge in [-0.05, 0) is 44.6 Å². The highest BCUT2D eigenvalue weighted by Crippen LogP contribution is 2.30. The van der Waals surface area contributed by atoms with Gasteiger partial charge in [0.05, 0.1) is 54.0 Å². The highest BCUT2D eigenvalue weighted by atomic mass is 32.1. The number of nitrogens with one attached hydrogen (secondary N) is 3. The monoisotopic (exact) mass is 713 g/mol. The number of rotatable bonds is 17. The molecule has 1 aliphatic carbocycles. The summed E-state index contributed by atoms with van der Waals surface area (Å²) >= 11 is 1.38. The van der Waals surface area contributed by atoms with Gasteiger partial charge in [0.2, 0.25) is 23.6 Å². The molecule has 4 amide bonds. The summed E-state index contributed by atoms with van der Waals surface area (Å²) in [5.74, 6) is -2.82. The minimum atomic E-state index is -1.41. The summed E-state index contributed by atoms with van der Waals surface area (Å²) < 4.78 is 5.41. The zero-order valence-electron chi connectivity index (χ0n) is 29.6. The molecule has 0 radical (unpaired) electrons. The third-order valence-corrected chi connectivity index (χ3v) is 10.6. The second kappa shape index (κ2) is 19.3. The van der Waals surface area contributed by atoms with E-state index in [1.165, 1.54) is 32.2 Å². The molecule has 50 heavy (non-hydrogen) atoms. The summed E-state index contributed by atoms with van der Waals surface area (Å²) in [5, 5.41) is 32.8. The molecule has 1 aromatic heterocycles. The van der Waals surface area contributed by atoms with Crippen LogP contribution in [-0.4, -0.2) is 101 Å². The van der Waals surface area contributed by atoms with Crippen LogP contribution in [0.25, 0.3) is 0 Å². The number of hydrogen-bond donors (Lipinski definition) is 5. The van der Waals surface area contributed by atoms with Crippen molar-refractivity contribution in [2.45, 2.75) is 102 Å². The zero-order valence-corrected chi connectivity index (χ0v) is 30.5. The Balaban J connectivity index is 1.56. The van der Waals surface area contributed by atoms with Gasteiger partial charge in [0.25, 0.3) is 0 Å². The van der Waals surface area contributed by atoms with Gasteiger partial charge in [-0.2, -0.15) is 0 Å². The van der Waals surface area contributed by atoms with E-state index in [2.05, 4.69) is 20.9 Å². The maximum Gasteiger partial charge on any atom is 0.243 e. The molecule has 1 saturated carbocycles. The first-order chi connectivity index (χ1) is 23.9. The van der Waals surface area contributed by atoms with E-state index in [9.17, 15) is 29.4 Å². The number of morpholine rings is 1. The van der Waals surface area contributed by atoms with Crippen LogP contribution in [0.4, 0.5) is 0 Å². The van der Waals surface area contributed by atoms with Gasteiger partial charge in [-0.3, -0.25) is 19.2 Å². The first-order valence-corrected chi connectivity index (χ1v) is 18.9. The summed E-state index contributed by atoms with van der Waals surface area (Å²) in [7, 11) is 1.49. The number of aliphatic hydroxyl groups is 2. The van der Waals surface area contributed by atoms with Crippen LogP contribution in [0.1, 0.15) is 76.5 Å². The Morgan fingerprint density at radius 3 is 2.32 bits per heavy atom. The molecular formula is C37H55N5O7S. The molecule has 12 nitrogen and oxygen atoms in total. The summed E-state index contributed by atoms with van der Waals surface area (Å²) in [6, 6.07) is 7.73. The number of ether oxygens (including phenoxy) is 1. The van der Waals surface area contributed by atoms with Crippen molar-refractivity contribution in [2.24, 2.45) is 17.8 Å². The van der Waals surface area contributed by atoms with Crippen molar-refractivity contribution in [3.8, 4) is 0 Å². The van der Waals surface area contributed by atoms with Gasteiger partial charge in [-0.25, -0.2) is 4.98 Å². The lowest BCUT2D eigenvalue weighted by molar-refractivity contribution is -0.140. The van der Waals surface area contributed by atoms with Gasteiger partial charge < -0.3 is 35.8 Å². The lowest BCUT2D eigenvalue weighted by atomic mass is 9.80. The second-order valence-electron chi connectivity index (χ2n) is 14.3. The Morgan fingerprint density at radius 2 is 1.70 bits per heavy atom. The number of carbonyl (C=O) groups excluding carboxylic acids is 4.